The third kappa shape index (κ3) is 6.43. The molecule has 0 saturated heterocycles. The summed E-state index contributed by atoms with van der Waals surface area (Å²) in [4.78, 5) is 30.7. The summed E-state index contributed by atoms with van der Waals surface area (Å²) < 4.78 is 60.7. The number of aromatic nitrogens is 2. The molecule has 0 radical (unpaired) electrons. The number of hydrogen-bond acceptors (Lipinski definition) is 8. The highest BCUT2D eigenvalue weighted by atomic mass is 32.2. The van der Waals surface area contributed by atoms with E-state index in [-0.39, 0.29) is 55.1 Å². The minimum absolute atomic E-state index is 0.0457. The number of benzene rings is 2. The zero-order valence-corrected chi connectivity index (χ0v) is 22.3. The number of para-hydroxylation sites is 1. The smallest absolute Gasteiger partial charge is 0.293 e. The third-order valence-corrected chi connectivity index (χ3v) is 8.18. The first-order valence-corrected chi connectivity index (χ1v) is 14.2. The minimum Gasteiger partial charge on any atom is -0.455 e. The van der Waals surface area contributed by atoms with Crippen molar-refractivity contribution in [2.24, 2.45) is 5.92 Å². The number of H-pyrrole nitrogens is 1. The number of sulfonamides is 1. The third-order valence-electron chi connectivity index (χ3n) is 6.86. The molecule has 1 fully saturated rings. The summed E-state index contributed by atoms with van der Waals surface area (Å²) >= 11 is 0. The molecule has 1 aliphatic rings. The fourth-order valence-corrected chi connectivity index (χ4v) is 5.60. The van der Waals surface area contributed by atoms with Crippen LogP contribution in [0.1, 0.15) is 36.0 Å². The molecule has 2 aromatic heterocycles. The Balaban J connectivity index is 1.31. The molecule has 5 rings (SSSR count). The van der Waals surface area contributed by atoms with Gasteiger partial charge in [-0.05, 0) is 55.2 Å². The fourth-order valence-electron chi connectivity index (χ4n) is 4.62. The van der Waals surface area contributed by atoms with Crippen LogP contribution in [0, 0.1) is 16.0 Å². The van der Waals surface area contributed by atoms with Crippen LogP contribution in [0.2, 0.25) is 0 Å². The number of aromatic amines is 1. The van der Waals surface area contributed by atoms with Crippen LogP contribution in [0.25, 0.3) is 11.0 Å². The molecule has 214 valence electrons. The van der Waals surface area contributed by atoms with Crippen molar-refractivity contribution in [1.29, 1.82) is 0 Å². The largest absolute Gasteiger partial charge is 0.455 e. The summed E-state index contributed by atoms with van der Waals surface area (Å²) in [6, 6.07) is 12.7. The maximum atomic E-state index is 13.4. The molecule has 0 atom stereocenters. The highest BCUT2D eigenvalue weighted by Gasteiger charge is 2.35. The van der Waals surface area contributed by atoms with Gasteiger partial charge in [0.2, 0.25) is 5.92 Å². The van der Waals surface area contributed by atoms with Gasteiger partial charge in [-0.25, -0.2) is 26.9 Å². The van der Waals surface area contributed by atoms with Gasteiger partial charge in [-0.15, -0.1) is 0 Å². The average molecular weight is 586 g/mol. The minimum atomic E-state index is -4.53. The zero-order chi connectivity index (χ0) is 29.2. The van der Waals surface area contributed by atoms with Crippen LogP contribution in [0.3, 0.4) is 0 Å². The van der Waals surface area contributed by atoms with E-state index >= 15 is 0 Å². The number of carbonyl (C=O) groups is 1. The normalized spacial score (nSPS) is 15.4. The number of nitrogens with one attached hydrogen (secondary N) is 3. The molecule has 4 aromatic rings. The highest BCUT2D eigenvalue weighted by molar-refractivity contribution is 7.90. The van der Waals surface area contributed by atoms with Gasteiger partial charge in [-0.3, -0.25) is 14.9 Å². The van der Waals surface area contributed by atoms with Gasteiger partial charge in [0.05, 0.1) is 21.6 Å². The van der Waals surface area contributed by atoms with E-state index < -0.39 is 37.4 Å². The van der Waals surface area contributed by atoms with E-state index in [0.29, 0.717) is 11.4 Å². The molecule has 0 bridgehead atoms. The molecule has 1 aliphatic carbocycles. The molecule has 0 unspecified atom stereocenters. The van der Waals surface area contributed by atoms with Crippen LogP contribution in [0.5, 0.6) is 11.5 Å². The number of carbonyl (C=O) groups excluding carboxylic acids is 1. The predicted molar refractivity (Wildman–Crippen MR) is 146 cm³/mol. The molecular formula is C27H25F2N5O6S. The number of nitro groups is 1. The lowest BCUT2D eigenvalue weighted by Crippen LogP contribution is -2.31. The number of rotatable bonds is 9. The number of ether oxygens (including phenoxy) is 1. The maximum Gasteiger partial charge on any atom is 0.293 e. The second kappa shape index (κ2) is 11.1. The first-order chi connectivity index (χ1) is 19.5. The first kappa shape index (κ1) is 28.0. The van der Waals surface area contributed by atoms with Crippen molar-refractivity contribution < 1.29 is 31.7 Å². The summed E-state index contributed by atoms with van der Waals surface area (Å²) in [5, 5.41) is 15.4. The molecule has 41 heavy (non-hydrogen) atoms. The Bertz CT molecular complexity index is 1720. The van der Waals surface area contributed by atoms with Crippen LogP contribution in [0.4, 0.5) is 20.2 Å². The molecule has 11 nitrogen and oxygen atoms in total. The number of nitro benzene ring substituents is 1. The summed E-state index contributed by atoms with van der Waals surface area (Å²) in [5.41, 5.74) is 0.0710. The molecule has 14 heteroatoms. The fraction of sp³-hybridized carbons (Fsp3) is 0.259. The van der Waals surface area contributed by atoms with Crippen molar-refractivity contribution in [1.82, 2.24) is 14.7 Å². The van der Waals surface area contributed by atoms with Crippen LogP contribution < -0.4 is 14.8 Å². The first-order valence-electron chi connectivity index (χ1n) is 12.7. The van der Waals surface area contributed by atoms with E-state index in [9.17, 15) is 32.1 Å². The van der Waals surface area contributed by atoms with Gasteiger partial charge in [-0.1, -0.05) is 12.1 Å². The lowest BCUT2D eigenvalue weighted by Gasteiger charge is -2.28. The van der Waals surface area contributed by atoms with Crippen LogP contribution in [0.15, 0.2) is 71.9 Å². The van der Waals surface area contributed by atoms with Crippen molar-refractivity contribution in [3.63, 3.8) is 0 Å². The van der Waals surface area contributed by atoms with Gasteiger partial charge < -0.3 is 15.0 Å². The Kier molecular flexibility index (Phi) is 7.58. The van der Waals surface area contributed by atoms with Crippen molar-refractivity contribution in [2.75, 3.05) is 11.9 Å². The lowest BCUT2D eigenvalue weighted by atomic mass is 9.87. The summed E-state index contributed by atoms with van der Waals surface area (Å²) in [6.07, 6.45) is 3.21. The summed E-state index contributed by atoms with van der Waals surface area (Å²) in [7, 11) is -4.53. The number of nitrogens with zero attached hydrogens (tertiary/aromatic N) is 2. The van der Waals surface area contributed by atoms with Crippen molar-refractivity contribution in [2.45, 2.75) is 36.5 Å². The van der Waals surface area contributed by atoms with Crippen molar-refractivity contribution in [3.05, 3.63) is 82.7 Å². The maximum absolute atomic E-state index is 13.4. The highest BCUT2D eigenvalue weighted by Crippen LogP contribution is 2.37. The predicted octanol–water partition coefficient (Wildman–Crippen LogP) is 5.62. The monoisotopic (exact) mass is 585 g/mol. The van der Waals surface area contributed by atoms with Gasteiger partial charge in [0.25, 0.3) is 21.6 Å². The molecule has 1 saturated carbocycles. The summed E-state index contributed by atoms with van der Waals surface area (Å²) in [6.45, 7) is 0.225. The number of hydrogen-bond donors (Lipinski definition) is 3. The summed E-state index contributed by atoms with van der Waals surface area (Å²) in [5.74, 6) is -3.40. The molecule has 0 spiro atoms. The van der Waals surface area contributed by atoms with E-state index in [1.54, 1.807) is 24.4 Å². The van der Waals surface area contributed by atoms with Gasteiger partial charge >= 0.3 is 0 Å². The Morgan fingerprint density at radius 1 is 1.15 bits per heavy atom. The van der Waals surface area contributed by atoms with Gasteiger partial charge in [0.15, 0.2) is 0 Å². The van der Waals surface area contributed by atoms with E-state index in [2.05, 4.69) is 15.3 Å². The van der Waals surface area contributed by atoms with E-state index in [1.165, 1.54) is 30.5 Å². The number of halogens is 2. The molecule has 0 aliphatic heterocycles. The van der Waals surface area contributed by atoms with Crippen molar-refractivity contribution >= 4 is 38.3 Å². The average Bonchev–Trinajstić information content (AvgIpc) is 3.40. The van der Waals surface area contributed by atoms with Gasteiger partial charge in [0.1, 0.15) is 22.8 Å². The Labute approximate surface area is 233 Å². The zero-order valence-electron chi connectivity index (χ0n) is 21.5. The number of pyridine rings is 1. The molecule has 2 heterocycles. The molecular weight excluding hydrogens is 560 g/mol. The van der Waals surface area contributed by atoms with Crippen LogP contribution in [-0.2, 0) is 10.0 Å². The van der Waals surface area contributed by atoms with E-state index in [0.717, 1.165) is 17.5 Å². The lowest BCUT2D eigenvalue weighted by molar-refractivity contribution is -0.384. The molecule has 1 amide bonds. The number of fused-ring (bicyclic) bond motifs is 1. The number of anilines is 1. The van der Waals surface area contributed by atoms with Crippen molar-refractivity contribution in [3.8, 4) is 11.5 Å². The standard InChI is InChI=1S/C27H25F2N5O6S/c28-27(29)10-7-17(8-11-27)15-31-22-6-5-20(14-23(22)34(36)37)41(38,39)33-26(35)21-3-1-2-4-24(21)40-19-13-18-9-12-30-25(18)32-16-19/h1-6,9,12-14,16-17,31H,7-8,10-11,15H2,(H,30,32)(H,33,35). The number of amides is 1. The van der Waals surface area contributed by atoms with Crippen LogP contribution >= 0.6 is 0 Å². The second-order valence-corrected chi connectivity index (χ2v) is 11.4. The topological polar surface area (TPSA) is 156 Å². The Morgan fingerprint density at radius 2 is 1.90 bits per heavy atom. The van der Waals surface area contributed by atoms with Crippen LogP contribution in [-0.4, -0.2) is 41.7 Å². The van der Waals surface area contributed by atoms with Gasteiger partial charge in [-0.2, -0.15) is 0 Å². The molecule has 2 aromatic carbocycles. The SMILES string of the molecule is O=C(NS(=O)(=O)c1ccc(NCC2CCC(F)(F)CC2)c([N+](=O)[O-])c1)c1ccccc1Oc1cnc2[nH]ccc2c1. The quantitative estimate of drug-likeness (QED) is 0.169. The van der Waals surface area contributed by atoms with Gasteiger partial charge in [0, 0.05) is 37.0 Å². The Hall–Kier alpha value is -4.59. The Morgan fingerprint density at radius 3 is 2.66 bits per heavy atom. The van der Waals surface area contributed by atoms with E-state index in [4.69, 9.17) is 4.74 Å². The van der Waals surface area contributed by atoms with E-state index in [1.807, 2.05) is 4.72 Å². The number of alkyl halides is 2. The second-order valence-electron chi connectivity index (χ2n) is 9.74. The molecule has 3 N–H and O–H groups in total.